The number of carbonyl (C=O) groups excluding carboxylic acids is 1. The average Bonchev–Trinajstić information content (AvgIpc) is 2.14. The molecular weight excluding hydrogens is 223 g/mol. The lowest BCUT2D eigenvalue weighted by molar-refractivity contribution is -0.274. The molecular formula is C10H6F3NO2. The summed E-state index contributed by atoms with van der Waals surface area (Å²) in [5.74, 6) is -1.31. The van der Waals surface area contributed by atoms with Crippen molar-refractivity contribution in [3.63, 3.8) is 0 Å². The van der Waals surface area contributed by atoms with Crippen molar-refractivity contribution in [2.45, 2.75) is 13.3 Å². The molecule has 0 atom stereocenters. The monoisotopic (exact) mass is 229 g/mol. The molecule has 0 fully saturated rings. The van der Waals surface area contributed by atoms with Crippen LogP contribution in [-0.2, 0) is 0 Å². The summed E-state index contributed by atoms with van der Waals surface area (Å²) in [6.07, 6.45) is -4.89. The van der Waals surface area contributed by atoms with Crippen molar-refractivity contribution in [3.8, 4) is 11.8 Å². The Bertz CT molecular complexity index is 460. The van der Waals surface area contributed by atoms with Crippen LogP contribution in [0.3, 0.4) is 0 Å². The van der Waals surface area contributed by atoms with E-state index < -0.39 is 17.9 Å². The first-order chi connectivity index (χ1) is 7.35. The summed E-state index contributed by atoms with van der Waals surface area (Å²) in [4.78, 5) is 11.1. The zero-order valence-electron chi connectivity index (χ0n) is 8.13. The molecule has 3 nitrogen and oxygen atoms in total. The quantitative estimate of drug-likeness (QED) is 0.732. The zero-order valence-corrected chi connectivity index (χ0v) is 8.13. The van der Waals surface area contributed by atoms with Gasteiger partial charge in [0.15, 0.2) is 5.78 Å². The summed E-state index contributed by atoms with van der Waals surface area (Å²) in [5, 5.41) is 8.65. The second-order valence-corrected chi connectivity index (χ2v) is 2.89. The lowest BCUT2D eigenvalue weighted by Gasteiger charge is -2.12. The summed E-state index contributed by atoms with van der Waals surface area (Å²) in [6, 6.07) is 5.09. The Morgan fingerprint density at radius 3 is 2.50 bits per heavy atom. The summed E-state index contributed by atoms with van der Waals surface area (Å²) in [6.45, 7) is 1.07. The van der Waals surface area contributed by atoms with Crippen LogP contribution in [-0.4, -0.2) is 12.1 Å². The average molecular weight is 229 g/mol. The van der Waals surface area contributed by atoms with Gasteiger partial charge in [-0.3, -0.25) is 4.79 Å². The van der Waals surface area contributed by atoms with Gasteiger partial charge in [0.05, 0.1) is 11.1 Å². The number of Topliss-reactive ketones (excluding diaryl/α,β-unsaturated/α-hetero) is 1. The maximum absolute atomic E-state index is 12.0. The molecule has 0 amide bonds. The molecule has 1 rings (SSSR count). The van der Waals surface area contributed by atoms with Gasteiger partial charge < -0.3 is 4.74 Å². The number of hydrogen-bond donors (Lipinski definition) is 0. The number of rotatable bonds is 2. The predicted octanol–water partition coefficient (Wildman–Crippen LogP) is 2.66. The molecule has 16 heavy (non-hydrogen) atoms. The number of ketones is 1. The Hall–Kier alpha value is -2.03. The second-order valence-electron chi connectivity index (χ2n) is 2.89. The minimum atomic E-state index is -4.89. The molecule has 1 aromatic carbocycles. The molecule has 84 valence electrons. The predicted molar refractivity (Wildman–Crippen MR) is 47.8 cm³/mol. The molecule has 6 heteroatoms. The highest BCUT2D eigenvalue weighted by atomic mass is 19.4. The summed E-state index contributed by atoms with van der Waals surface area (Å²) in [5.41, 5.74) is -0.503. The number of benzene rings is 1. The number of nitrogens with zero attached hydrogens (tertiary/aromatic N) is 1. The third-order valence-electron chi connectivity index (χ3n) is 1.72. The Balaban J connectivity index is 3.30. The molecule has 0 radical (unpaired) electrons. The van der Waals surface area contributed by atoms with Gasteiger partial charge in [0.1, 0.15) is 11.8 Å². The van der Waals surface area contributed by atoms with Gasteiger partial charge in [0.25, 0.3) is 0 Å². The van der Waals surface area contributed by atoms with Crippen LogP contribution >= 0.6 is 0 Å². The van der Waals surface area contributed by atoms with Crippen molar-refractivity contribution >= 4 is 5.78 Å². The number of ether oxygens (including phenoxy) is 1. The van der Waals surface area contributed by atoms with E-state index in [1.165, 1.54) is 12.1 Å². The summed E-state index contributed by atoms with van der Waals surface area (Å²) in [7, 11) is 0. The summed E-state index contributed by atoms with van der Waals surface area (Å²) >= 11 is 0. The first-order valence-corrected chi connectivity index (χ1v) is 4.15. The highest BCUT2D eigenvalue weighted by molar-refractivity contribution is 5.99. The lowest BCUT2D eigenvalue weighted by atomic mass is 10.0. The van der Waals surface area contributed by atoms with Crippen LogP contribution in [0.4, 0.5) is 13.2 Å². The van der Waals surface area contributed by atoms with Gasteiger partial charge in [-0.25, -0.2) is 0 Å². The van der Waals surface area contributed by atoms with Crippen LogP contribution in [0.1, 0.15) is 22.8 Å². The van der Waals surface area contributed by atoms with E-state index in [1.54, 1.807) is 6.07 Å². The minimum absolute atomic E-state index is 0.144. The fourth-order valence-electron chi connectivity index (χ4n) is 1.20. The number of hydrogen-bond acceptors (Lipinski definition) is 3. The fraction of sp³-hybridized carbons (Fsp3) is 0.200. The van der Waals surface area contributed by atoms with Crippen LogP contribution < -0.4 is 4.74 Å². The highest BCUT2D eigenvalue weighted by Crippen LogP contribution is 2.28. The van der Waals surface area contributed by atoms with Gasteiger partial charge in [0, 0.05) is 0 Å². The third kappa shape index (κ3) is 2.73. The normalized spacial score (nSPS) is 10.7. The Morgan fingerprint density at radius 1 is 1.44 bits per heavy atom. The van der Waals surface area contributed by atoms with Gasteiger partial charge >= 0.3 is 6.36 Å². The van der Waals surface area contributed by atoms with E-state index in [0.29, 0.717) is 0 Å². The molecule has 0 aliphatic carbocycles. The standard InChI is InChI=1S/C10H6F3NO2/c1-6(15)9-7(5-14)3-2-4-8(9)16-10(11,12)13/h2-4H,1H3. The van der Waals surface area contributed by atoms with E-state index >= 15 is 0 Å². The van der Waals surface area contributed by atoms with Crippen LogP contribution in [0, 0.1) is 11.3 Å². The lowest BCUT2D eigenvalue weighted by Crippen LogP contribution is -2.19. The topological polar surface area (TPSA) is 50.1 Å². The van der Waals surface area contributed by atoms with Crippen LogP contribution in [0.2, 0.25) is 0 Å². The number of halogens is 3. The molecule has 0 heterocycles. The van der Waals surface area contributed by atoms with E-state index in [4.69, 9.17) is 5.26 Å². The van der Waals surface area contributed by atoms with Gasteiger partial charge in [-0.15, -0.1) is 13.2 Å². The maximum Gasteiger partial charge on any atom is 0.573 e. The van der Waals surface area contributed by atoms with Crippen LogP contribution in [0.5, 0.6) is 5.75 Å². The Labute approximate surface area is 89.1 Å². The number of carbonyl (C=O) groups is 1. The van der Waals surface area contributed by atoms with Crippen molar-refractivity contribution < 1.29 is 22.7 Å². The van der Waals surface area contributed by atoms with Crippen molar-refractivity contribution in [1.82, 2.24) is 0 Å². The van der Waals surface area contributed by atoms with E-state index in [0.717, 1.165) is 13.0 Å². The largest absolute Gasteiger partial charge is 0.573 e. The molecule has 0 aliphatic heterocycles. The van der Waals surface area contributed by atoms with E-state index in [1.807, 2.05) is 0 Å². The maximum atomic E-state index is 12.0. The smallest absolute Gasteiger partial charge is 0.405 e. The second kappa shape index (κ2) is 4.23. The van der Waals surface area contributed by atoms with Gasteiger partial charge in [-0.05, 0) is 19.1 Å². The number of alkyl halides is 3. The first kappa shape index (κ1) is 12.0. The van der Waals surface area contributed by atoms with Crippen molar-refractivity contribution in [1.29, 1.82) is 5.26 Å². The SMILES string of the molecule is CC(=O)c1c(C#N)cccc1OC(F)(F)F. The van der Waals surface area contributed by atoms with E-state index in [9.17, 15) is 18.0 Å². The Morgan fingerprint density at radius 2 is 2.06 bits per heavy atom. The molecule has 0 aliphatic rings. The van der Waals surface area contributed by atoms with Crippen LogP contribution in [0.15, 0.2) is 18.2 Å². The number of nitriles is 1. The highest BCUT2D eigenvalue weighted by Gasteiger charge is 2.33. The van der Waals surface area contributed by atoms with Crippen molar-refractivity contribution in [2.75, 3.05) is 0 Å². The van der Waals surface area contributed by atoms with Crippen LogP contribution in [0.25, 0.3) is 0 Å². The van der Waals surface area contributed by atoms with Crippen molar-refractivity contribution in [2.24, 2.45) is 0 Å². The molecule has 0 unspecified atom stereocenters. The van der Waals surface area contributed by atoms with E-state index in [2.05, 4.69) is 4.74 Å². The fourth-order valence-corrected chi connectivity index (χ4v) is 1.20. The molecule has 0 aromatic heterocycles. The minimum Gasteiger partial charge on any atom is -0.405 e. The van der Waals surface area contributed by atoms with Crippen molar-refractivity contribution in [3.05, 3.63) is 29.3 Å². The van der Waals surface area contributed by atoms with Gasteiger partial charge in [-0.1, -0.05) is 6.07 Å². The van der Waals surface area contributed by atoms with E-state index in [-0.39, 0.29) is 11.1 Å². The molecule has 0 saturated carbocycles. The molecule has 0 N–H and O–H groups in total. The zero-order chi connectivity index (χ0) is 12.3. The summed E-state index contributed by atoms with van der Waals surface area (Å²) < 4.78 is 39.7. The van der Waals surface area contributed by atoms with Gasteiger partial charge in [0.2, 0.25) is 0 Å². The molecule has 1 aromatic rings. The molecule has 0 bridgehead atoms. The molecule has 0 spiro atoms. The Kier molecular flexibility index (Phi) is 3.18. The van der Waals surface area contributed by atoms with Gasteiger partial charge in [-0.2, -0.15) is 5.26 Å². The molecule has 0 saturated heterocycles. The third-order valence-corrected chi connectivity index (χ3v) is 1.72. The first-order valence-electron chi connectivity index (χ1n) is 4.15.